The monoisotopic (exact) mass is 314 g/mol. The number of hydrogen-bond acceptors (Lipinski definition) is 0. The standard InChI is InChI=1S/C22H19P/c1-23-15-18-14-13-17-8-3-5-11-20(17)22(18)21-12-6-9-16-7-2-4-10-19(16)21/h2-14,23H,15H2,1H3. The normalized spacial score (nSPS) is 11.7. The Hall–Kier alpha value is -2.17. The predicted octanol–water partition coefficient (Wildman–Crippen LogP) is 6.47. The summed E-state index contributed by atoms with van der Waals surface area (Å²) in [6, 6.07) is 28.7. The molecule has 0 aromatic heterocycles. The molecule has 0 saturated carbocycles. The molecule has 0 bridgehead atoms. The van der Waals surface area contributed by atoms with Crippen molar-refractivity contribution in [2.75, 3.05) is 6.66 Å². The maximum atomic E-state index is 2.32. The van der Waals surface area contributed by atoms with Crippen LogP contribution in [0.3, 0.4) is 0 Å². The van der Waals surface area contributed by atoms with Gasteiger partial charge in [0.15, 0.2) is 0 Å². The average molecular weight is 314 g/mol. The van der Waals surface area contributed by atoms with Gasteiger partial charge in [0.25, 0.3) is 0 Å². The number of benzene rings is 4. The molecule has 1 atom stereocenters. The van der Waals surface area contributed by atoms with E-state index < -0.39 is 0 Å². The molecule has 0 amide bonds. The minimum atomic E-state index is 0.925. The van der Waals surface area contributed by atoms with Gasteiger partial charge in [0.1, 0.15) is 0 Å². The molecular formula is C22H19P. The molecule has 0 spiro atoms. The Morgan fingerprint density at radius 2 is 1.30 bits per heavy atom. The second-order valence-electron chi connectivity index (χ2n) is 5.88. The van der Waals surface area contributed by atoms with Crippen LogP contribution in [0.1, 0.15) is 5.56 Å². The van der Waals surface area contributed by atoms with E-state index in [9.17, 15) is 0 Å². The van der Waals surface area contributed by atoms with Crippen LogP contribution in [-0.2, 0) is 6.16 Å². The molecule has 0 radical (unpaired) electrons. The van der Waals surface area contributed by atoms with Crippen LogP contribution in [0.15, 0.2) is 78.9 Å². The van der Waals surface area contributed by atoms with Crippen LogP contribution in [0.5, 0.6) is 0 Å². The van der Waals surface area contributed by atoms with Gasteiger partial charge in [-0.3, -0.25) is 0 Å². The fourth-order valence-electron chi connectivity index (χ4n) is 3.42. The highest BCUT2D eigenvalue weighted by molar-refractivity contribution is 7.36. The highest BCUT2D eigenvalue weighted by Crippen LogP contribution is 2.38. The maximum absolute atomic E-state index is 2.32. The van der Waals surface area contributed by atoms with Crippen LogP contribution < -0.4 is 0 Å². The first-order valence-electron chi connectivity index (χ1n) is 8.02. The van der Waals surface area contributed by atoms with E-state index in [4.69, 9.17) is 0 Å². The molecule has 0 aliphatic carbocycles. The highest BCUT2D eigenvalue weighted by Gasteiger charge is 2.12. The van der Waals surface area contributed by atoms with Gasteiger partial charge in [0, 0.05) is 0 Å². The number of rotatable bonds is 3. The van der Waals surface area contributed by atoms with Gasteiger partial charge in [0.2, 0.25) is 0 Å². The third-order valence-corrected chi connectivity index (χ3v) is 5.18. The first kappa shape index (κ1) is 14.4. The largest absolute Gasteiger partial charge is 0.121 e. The summed E-state index contributed by atoms with van der Waals surface area (Å²) < 4.78 is 0. The third kappa shape index (κ3) is 2.54. The topological polar surface area (TPSA) is 0 Å². The first-order valence-corrected chi connectivity index (χ1v) is 9.72. The Kier molecular flexibility index (Phi) is 3.85. The van der Waals surface area contributed by atoms with Crippen molar-refractivity contribution in [1.29, 1.82) is 0 Å². The summed E-state index contributed by atoms with van der Waals surface area (Å²) >= 11 is 0. The minimum Gasteiger partial charge on any atom is -0.121 e. The van der Waals surface area contributed by atoms with E-state index in [0.29, 0.717) is 0 Å². The number of hydrogen-bond donors (Lipinski definition) is 0. The third-order valence-electron chi connectivity index (χ3n) is 4.44. The van der Waals surface area contributed by atoms with Crippen LogP contribution in [0.4, 0.5) is 0 Å². The van der Waals surface area contributed by atoms with Crippen molar-refractivity contribution in [1.82, 2.24) is 0 Å². The quantitative estimate of drug-likeness (QED) is 0.380. The van der Waals surface area contributed by atoms with E-state index in [1.165, 1.54) is 38.2 Å². The average Bonchev–Trinajstić information content (AvgIpc) is 2.61. The van der Waals surface area contributed by atoms with Gasteiger partial charge in [0.05, 0.1) is 0 Å². The summed E-state index contributed by atoms with van der Waals surface area (Å²) in [5.74, 6) is 0. The molecule has 4 aromatic rings. The summed E-state index contributed by atoms with van der Waals surface area (Å²) in [7, 11) is 0.925. The zero-order valence-electron chi connectivity index (χ0n) is 13.2. The fourth-order valence-corrected chi connectivity index (χ4v) is 4.09. The highest BCUT2D eigenvalue weighted by atomic mass is 31.1. The lowest BCUT2D eigenvalue weighted by Gasteiger charge is -2.15. The summed E-state index contributed by atoms with van der Waals surface area (Å²) in [6.45, 7) is 2.28. The molecule has 4 rings (SSSR count). The van der Waals surface area contributed by atoms with Gasteiger partial charge in [-0.25, -0.2) is 0 Å². The summed E-state index contributed by atoms with van der Waals surface area (Å²) in [4.78, 5) is 0. The molecule has 1 heteroatoms. The van der Waals surface area contributed by atoms with E-state index >= 15 is 0 Å². The lowest BCUT2D eigenvalue weighted by molar-refractivity contribution is 1.43. The smallest absolute Gasteiger partial charge is 0.00636 e. The Morgan fingerprint density at radius 3 is 2.09 bits per heavy atom. The van der Waals surface area contributed by atoms with E-state index in [-0.39, 0.29) is 0 Å². The summed E-state index contributed by atoms with van der Waals surface area (Å²) in [5, 5.41) is 5.33. The van der Waals surface area contributed by atoms with Crippen LogP contribution in [0.2, 0.25) is 0 Å². The molecule has 0 N–H and O–H groups in total. The zero-order chi connectivity index (χ0) is 15.6. The van der Waals surface area contributed by atoms with Crippen LogP contribution >= 0.6 is 8.58 Å². The van der Waals surface area contributed by atoms with Crippen molar-refractivity contribution in [2.45, 2.75) is 6.16 Å². The van der Waals surface area contributed by atoms with E-state index in [1.54, 1.807) is 0 Å². The fraction of sp³-hybridized carbons (Fsp3) is 0.0909. The van der Waals surface area contributed by atoms with Crippen molar-refractivity contribution in [3.05, 3.63) is 84.4 Å². The minimum absolute atomic E-state index is 0.925. The van der Waals surface area contributed by atoms with Gasteiger partial charge in [-0.05, 0) is 51.1 Å². The lowest BCUT2D eigenvalue weighted by atomic mass is 9.91. The second kappa shape index (κ2) is 6.14. The van der Waals surface area contributed by atoms with Crippen molar-refractivity contribution in [2.24, 2.45) is 0 Å². The molecular weight excluding hydrogens is 295 g/mol. The Labute approximate surface area is 138 Å². The van der Waals surface area contributed by atoms with E-state index in [0.717, 1.165) is 14.7 Å². The van der Waals surface area contributed by atoms with Gasteiger partial charge >= 0.3 is 0 Å². The SMILES string of the molecule is CPCc1ccc2ccccc2c1-c1cccc2ccccc12. The molecule has 23 heavy (non-hydrogen) atoms. The van der Waals surface area contributed by atoms with Gasteiger partial charge < -0.3 is 0 Å². The van der Waals surface area contributed by atoms with Crippen molar-refractivity contribution < 1.29 is 0 Å². The molecule has 4 aromatic carbocycles. The zero-order valence-corrected chi connectivity index (χ0v) is 14.2. The molecule has 0 fully saturated rings. The summed E-state index contributed by atoms with van der Waals surface area (Å²) in [5.41, 5.74) is 4.23. The van der Waals surface area contributed by atoms with Gasteiger partial charge in [-0.2, -0.15) is 0 Å². The van der Waals surface area contributed by atoms with Gasteiger partial charge in [-0.1, -0.05) is 78.9 Å². The van der Waals surface area contributed by atoms with E-state index in [1.807, 2.05) is 0 Å². The lowest BCUT2D eigenvalue weighted by Crippen LogP contribution is -1.91. The maximum Gasteiger partial charge on any atom is -0.00636 e. The predicted molar refractivity (Wildman–Crippen MR) is 105 cm³/mol. The van der Waals surface area contributed by atoms with Crippen molar-refractivity contribution in [3.63, 3.8) is 0 Å². The molecule has 0 nitrogen and oxygen atoms in total. The molecule has 0 aliphatic rings. The molecule has 112 valence electrons. The first-order chi connectivity index (χ1) is 11.4. The number of fused-ring (bicyclic) bond motifs is 2. The molecule has 0 saturated heterocycles. The second-order valence-corrected chi connectivity index (χ2v) is 6.94. The van der Waals surface area contributed by atoms with Crippen LogP contribution in [-0.4, -0.2) is 6.66 Å². The van der Waals surface area contributed by atoms with Gasteiger partial charge in [-0.15, -0.1) is 8.58 Å². The van der Waals surface area contributed by atoms with Crippen molar-refractivity contribution >= 4 is 30.1 Å². The molecule has 0 heterocycles. The summed E-state index contributed by atoms with van der Waals surface area (Å²) in [6.07, 6.45) is 1.14. The van der Waals surface area contributed by atoms with Crippen LogP contribution in [0, 0.1) is 0 Å². The van der Waals surface area contributed by atoms with Crippen LogP contribution in [0.25, 0.3) is 32.7 Å². The Morgan fingerprint density at radius 1 is 0.652 bits per heavy atom. The molecule has 0 aliphatic heterocycles. The van der Waals surface area contributed by atoms with Crippen molar-refractivity contribution in [3.8, 4) is 11.1 Å². The Balaban J connectivity index is 2.12. The van der Waals surface area contributed by atoms with E-state index in [2.05, 4.69) is 85.5 Å². The Bertz CT molecular complexity index is 980. The molecule has 1 unspecified atom stereocenters.